The van der Waals surface area contributed by atoms with E-state index in [9.17, 15) is 14.7 Å². The molecule has 1 amide bonds. The second-order valence-corrected chi connectivity index (χ2v) is 6.31. The molecule has 1 heterocycles. The van der Waals surface area contributed by atoms with E-state index in [4.69, 9.17) is 23.2 Å². The largest absolute Gasteiger partial charge is 0.508 e. The van der Waals surface area contributed by atoms with Crippen molar-refractivity contribution < 1.29 is 9.90 Å². The van der Waals surface area contributed by atoms with Crippen molar-refractivity contribution in [2.24, 2.45) is 0 Å². The Hall–Kier alpha value is -1.98. The lowest BCUT2D eigenvalue weighted by molar-refractivity contribution is -0.121. The minimum atomic E-state index is -0.407. The van der Waals surface area contributed by atoms with Crippen LogP contribution in [0.3, 0.4) is 0 Å². The van der Waals surface area contributed by atoms with E-state index in [0.717, 1.165) is 18.1 Å². The van der Waals surface area contributed by atoms with Gasteiger partial charge >= 0.3 is 0 Å². The number of aryl methyl sites for hydroxylation is 2. The molecular formula is C17H18Cl2N2O3. The van der Waals surface area contributed by atoms with Gasteiger partial charge in [0.15, 0.2) is 0 Å². The molecule has 0 saturated heterocycles. The molecule has 1 aromatic carbocycles. The van der Waals surface area contributed by atoms with Gasteiger partial charge in [-0.2, -0.15) is 0 Å². The number of carbonyl (C=O) groups excluding carboxylic acids is 1. The van der Waals surface area contributed by atoms with E-state index < -0.39 is 5.56 Å². The number of aromatic hydroxyl groups is 1. The van der Waals surface area contributed by atoms with E-state index in [-0.39, 0.29) is 18.2 Å². The summed E-state index contributed by atoms with van der Waals surface area (Å²) in [7, 11) is 0. The third-order valence-electron chi connectivity index (χ3n) is 3.58. The SMILES string of the molecule is Cc1cc(O)cc(=O)n1CC(=O)NCCCc1ccc(Cl)cc1Cl. The van der Waals surface area contributed by atoms with Crippen molar-refractivity contribution in [3.63, 3.8) is 0 Å². The van der Waals surface area contributed by atoms with Gasteiger partial charge in [-0.05, 0) is 43.5 Å². The normalized spacial score (nSPS) is 10.6. The van der Waals surface area contributed by atoms with Crippen LogP contribution in [0.2, 0.25) is 10.0 Å². The molecule has 2 N–H and O–H groups in total. The standard InChI is InChI=1S/C17H18Cl2N2O3/c1-11-7-14(22)9-17(24)21(11)10-16(23)20-6-2-3-12-4-5-13(18)8-15(12)19/h4-5,7-9,22H,2-3,6,10H2,1H3,(H,20,23). The Balaban J connectivity index is 1.83. The fourth-order valence-electron chi connectivity index (χ4n) is 2.35. The van der Waals surface area contributed by atoms with Crippen LogP contribution in [0.15, 0.2) is 35.1 Å². The van der Waals surface area contributed by atoms with Crippen molar-refractivity contribution in [1.82, 2.24) is 9.88 Å². The Morgan fingerprint density at radius 3 is 2.67 bits per heavy atom. The lowest BCUT2D eigenvalue weighted by Crippen LogP contribution is -2.33. The second-order valence-electron chi connectivity index (χ2n) is 5.47. The fraction of sp³-hybridized carbons (Fsp3) is 0.294. The lowest BCUT2D eigenvalue weighted by Gasteiger charge is -2.11. The highest BCUT2D eigenvalue weighted by Gasteiger charge is 2.08. The molecule has 1 aromatic heterocycles. The van der Waals surface area contributed by atoms with Crippen LogP contribution in [0.1, 0.15) is 17.7 Å². The number of amides is 1. The molecule has 0 bridgehead atoms. The first-order valence-electron chi connectivity index (χ1n) is 7.48. The van der Waals surface area contributed by atoms with Crippen LogP contribution >= 0.6 is 23.2 Å². The zero-order valence-corrected chi connectivity index (χ0v) is 14.7. The van der Waals surface area contributed by atoms with Gasteiger partial charge in [0, 0.05) is 28.4 Å². The third-order valence-corrected chi connectivity index (χ3v) is 4.17. The summed E-state index contributed by atoms with van der Waals surface area (Å²) in [5.74, 6) is -0.359. The van der Waals surface area contributed by atoms with E-state index in [1.807, 2.05) is 6.07 Å². The molecule has 0 saturated carbocycles. The smallest absolute Gasteiger partial charge is 0.254 e. The zero-order valence-electron chi connectivity index (χ0n) is 13.2. The molecule has 0 aliphatic heterocycles. The quantitative estimate of drug-likeness (QED) is 0.770. The molecule has 0 aliphatic rings. The lowest BCUT2D eigenvalue weighted by atomic mass is 10.1. The molecule has 0 radical (unpaired) electrons. The number of hydrogen-bond acceptors (Lipinski definition) is 3. The van der Waals surface area contributed by atoms with Crippen molar-refractivity contribution >= 4 is 29.1 Å². The van der Waals surface area contributed by atoms with Crippen LogP contribution in [0.4, 0.5) is 0 Å². The first-order valence-corrected chi connectivity index (χ1v) is 8.23. The third kappa shape index (κ3) is 5.01. The Bertz CT molecular complexity index is 803. The van der Waals surface area contributed by atoms with Gasteiger partial charge in [0.1, 0.15) is 12.3 Å². The van der Waals surface area contributed by atoms with E-state index >= 15 is 0 Å². The summed E-state index contributed by atoms with van der Waals surface area (Å²) in [6.07, 6.45) is 1.44. The van der Waals surface area contributed by atoms with Gasteiger partial charge in [-0.15, -0.1) is 0 Å². The van der Waals surface area contributed by atoms with Crippen LogP contribution in [-0.4, -0.2) is 22.1 Å². The van der Waals surface area contributed by atoms with Gasteiger partial charge < -0.3 is 15.0 Å². The summed E-state index contributed by atoms with van der Waals surface area (Å²) in [6.45, 7) is 2.06. The number of pyridine rings is 1. The first-order chi connectivity index (χ1) is 11.4. The summed E-state index contributed by atoms with van der Waals surface area (Å²) in [5.41, 5.74) is 1.10. The van der Waals surface area contributed by atoms with Gasteiger partial charge in [-0.3, -0.25) is 9.59 Å². The Morgan fingerprint density at radius 2 is 2.00 bits per heavy atom. The van der Waals surface area contributed by atoms with Gasteiger partial charge in [0.2, 0.25) is 5.91 Å². The van der Waals surface area contributed by atoms with Crippen molar-refractivity contribution in [3.05, 3.63) is 62.0 Å². The molecule has 2 aromatic rings. The molecule has 0 unspecified atom stereocenters. The van der Waals surface area contributed by atoms with Gasteiger partial charge in [0.25, 0.3) is 5.56 Å². The topological polar surface area (TPSA) is 71.3 Å². The summed E-state index contributed by atoms with van der Waals surface area (Å²) in [6, 6.07) is 7.87. The number of aromatic nitrogens is 1. The second kappa shape index (κ2) is 8.22. The van der Waals surface area contributed by atoms with Crippen LogP contribution in [0.5, 0.6) is 5.75 Å². The maximum Gasteiger partial charge on any atom is 0.254 e. The average Bonchev–Trinajstić information content (AvgIpc) is 2.49. The molecule has 0 atom stereocenters. The number of nitrogens with zero attached hydrogens (tertiary/aromatic N) is 1. The highest BCUT2D eigenvalue weighted by Crippen LogP contribution is 2.21. The maximum atomic E-state index is 11.9. The van der Waals surface area contributed by atoms with Gasteiger partial charge in [0.05, 0.1) is 0 Å². The van der Waals surface area contributed by atoms with E-state index in [0.29, 0.717) is 28.7 Å². The van der Waals surface area contributed by atoms with E-state index in [1.54, 1.807) is 19.1 Å². The molecule has 7 heteroatoms. The maximum absolute atomic E-state index is 11.9. The number of halogens is 2. The van der Waals surface area contributed by atoms with Crippen molar-refractivity contribution in [1.29, 1.82) is 0 Å². The zero-order chi connectivity index (χ0) is 17.7. The van der Waals surface area contributed by atoms with Crippen molar-refractivity contribution in [3.8, 4) is 5.75 Å². The summed E-state index contributed by atoms with van der Waals surface area (Å²) in [5, 5.41) is 13.3. The summed E-state index contributed by atoms with van der Waals surface area (Å²) >= 11 is 11.9. The highest BCUT2D eigenvalue weighted by atomic mass is 35.5. The first kappa shape index (κ1) is 18.4. The number of rotatable bonds is 6. The summed E-state index contributed by atoms with van der Waals surface area (Å²) in [4.78, 5) is 23.7. The van der Waals surface area contributed by atoms with Crippen molar-refractivity contribution in [2.45, 2.75) is 26.3 Å². The molecule has 2 rings (SSSR count). The average molecular weight is 369 g/mol. The number of carbonyl (C=O) groups is 1. The van der Waals surface area contributed by atoms with Crippen LogP contribution in [-0.2, 0) is 17.8 Å². The molecule has 0 spiro atoms. The van der Waals surface area contributed by atoms with Crippen LogP contribution in [0.25, 0.3) is 0 Å². The molecule has 0 aliphatic carbocycles. The van der Waals surface area contributed by atoms with Gasteiger partial charge in [-0.1, -0.05) is 29.3 Å². The Labute approximate surface area is 149 Å². The van der Waals surface area contributed by atoms with E-state index in [1.165, 1.54) is 10.6 Å². The monoisotopic (exact) mass is 368 g/mol. The highest BCUT2D eigenvalue weighted by molar-refractivity contribution is 6.35. The van der Waals surface area contributed by atoms with E-state index in [2.05, 4.69) is 5.32 Å². The van der Waals surface area contributed by atoms with Crippen LogP contribution < -0.4 is 10.9 Å². The van der Waals surface area contributed by atoms with Crippen molar-refractivity contribution in [2.75, 3.05) is 6.54 Å². The molecule has 5 nitrogen and oxygen atoms in total. The summed E-state index contributed by atoms with van der Waals surface area (Å²) < 4.78 is 1.31. The fourth-order valence-corrected chi connectivity index (χ4v) is 2.85. The molecular weight excluding hydrogens is 351 g/mol. The number of benzene rings is 1. The molecule has 24 heavy (non-hydrogen) atoms. The van der Waals surface area contributed by atoms with Crippen LogP contribution in [0, 0.1) is 6.92 Å². The number of nitrogens with one attached hydrogen (secondary N) is 1. The number of hydrogen-bond donors (Lipinski definition) is 2. The Morgan fingerprint density at radius 1 is 1.25 bits per heavy atom. The molecule has 128 valence electrons. The minimum absolute atomic E-state index is 0.0767. The Kier molecular flexibility index (Phi) is 6.29. The predicted molar refractivity (Wildman–Crippen MR) is 94.9 cm³/mol. The molecule has 0 fully saturated rings. The van der Waals surface area contributed by atoms with Gasteiger partial charge in [-0.25, -0.2) is 0 Å². The minimum Gasteiger partial charge on any atom is -0.508 e. The predicted octanol–water partition coefficient (Wildman–Crippen LogP) is 2.92.